The molecular weight excluding hydrogens is 216 g/mol. The first-order chi connectivity index (χ1) is 8.19. The lowest BCUT2D eigenvalue weighted by atomic mass is 9.78. The molecule has 1 aromatic heterocycles. The van der Waals surface area contributed by atoms with Gasteiger partial charge >= 0.3 is 0 Å². The number of nitrogens with zero attached hydrogens (tertiary/aromatic N) is 4. The predicted octanol–water partition coefficient (Wildman–Crippen LogP) is 1.33. The summed E-state index contributed by atoms with van der Waals surface area (Å²) >= 11 is 0. The summed E-state index contributed by atoms with van der Waals surface area (Å²) in [5, 5.41) is 22.0. The Morgan fingerprint density at radius 3 is 2.59 bits per heavy atom. The van der Waals surface area contributed by atoms with Crippen LogP contribution in [0, 0.1) is 11.8 Å². The summed E-state index contributed by atoms with van der Waals surface area (Å²) in [5.41, 5.74) is 0. The van der Waals surface area contributed by atoms with Gasteiger partial charge in [-0.2, -0.15) is 4.80 Å². The minimum atomic E-state index is -0.308. The average molecular weight is 238 g/mol. The third-order valence-corrected chi connectivity index (χ3v) is 3.95. The van der Waals surface area contributed by atoms with Gasteiger partial charge in [-0.25, -0.2) is 0 Å². The quantitative estimate of drug-likeness (QED) is 0.859. The van der Waals surface area contributed by atoms with Crippen LogP contribution in [0.3, 0.4) is 0 Å². The fourth-order valence-electron chi connectivity index (χ4n) is 2.74. The molecule has 5 nitrogen and oxygen atoms in total. The molecule has 5 heteroatoms. The largest absolute Gasteiger partial charge is 0.392 e. The molecule has 1 fully saturated rings. The van der Waals surface area contributed by atoms with Gasteiger partial charge in [0.05, 0.1) is 13.2 Å². The maximum Gasteiger partial charge on any atom is 0.177 e. The lowest BCUT2D eigenvalue weighted by Crippen LogP contribution is -2.27. The molecule has 1 aliphatic rings. The SMILES string of the molecule is CCC1CCC(C(O)Cc2nnn(C)n2)CC1. The Hall–Kier alpha value is -0.970. The standard InChI is InChI=1S/C12H22N4O/c1-3-9-4-6-10(7-5-9)11(17)8-12-13-15-16(2)14-12/h9-11,17H,3-8H2,1-2H3. The van der Waals surface area contributed by atoms with Gasteiger partial charge in [0, 0.05) is 6.42 Å². The van der Waals surface area contributed by atoms with Crippen molar-refractivity contribution in [3.8, 4) is 0 Å². The summed E-state index contributed by atoms with van der Waals surface area (Å²) in [6, 6.07) is 0. The molecule has 1 saturated carbocycles. The molecule has 0 aliphatic heterocycles. The van der Waals surface area contributed by atoms with Crippen LogP contribution in [0.5, 0.6) is 0 Å². The molecule has 1 heterocycles. The van der Waals surface area contributed by atoms with Crippen molar-refractivity contribution >= 4 is 0 Å². The zero-order chi connectivity index (χ0) is 12.3. The molecule has 1 aromatic rings. The first-order valence-electron chi connectivity index (χ1n) is 6.60. The van der Waals surface area contributed by atoms with Crippen LogP contribution in [0.25, 0.3) is 0 Å². The van der Waals surface area contributed by atoms with Gasteiger partial charge in [-0.1, -0.05) is 26.2 Å². The highest BCUT2D eigenvalue weighted by molar-refractivity contribution is 4.86. The van der Waals surface area contributed by atoms with E-state index in [1.165, 1.54) is 24.1 Å². The van der Waals surface area contributed by atoms with Crippen molar-refractivity contribution in [3.05, 3.63) is 5.82 Å². The van der Waals surface area contributed by atoms with Crippen molar-refractivity contribution in [2.75, 3.05) is 0 Å². The summed E-state index contributed by atoms with van der Waals surface area (Å²) < 4.78 is 0. The van der Waals surface area contributed by atoms with Crippen molar-refractivity contribution in [2.24, 2.45) is 18.9 Å². The van der Waals surface area contributed by atoms with Crippen LogP contribution in [-0.2, 0) is 13.5 Å². The Morgan fingerprint density at radius 1 is 1.35 bits per heavy atom. The van der Waals surface area contributed by atoms with Gasteiger partial charge < -0.3 is 5.11 Å². The van der Waals surface area contributed by atoms with Gasteiger partial charge in [0.25, 0.3) is 0 Å². The lowest BCUT2D eigenvalue weighted by molar-refractivity contribution is 0.0719. The van der Waals surface area contributed by atoms with E-state index in [2.05, 4.69) is 22.3 Å². The van der Waals surface area contributed by atoms with E-state index in [1.54, 1.807) is 7.05 Å². The fourth-order valence-corrected chi connectivity index (χ4v) is 2.74. The number of aromatic nitrogens is 4. The molecule has 1 unspecified atom stereocenters. The second-order valence-electron chi connectivity index (χ2n) is 5.16. The van der Waals surface area contributed by atoms with Crippen molar-refractivity contribution in [1.29, 1.82) is 0 Å². The Bertz CT molecular complexity index is 344. The van der Waals surface area contributed by atoms with E-state index in [4.69, 9.17) is 0 Å². The molecule has 0 radical (unpaired) electrons. The van der Waals surface area contributed by atoms with Crippen LogP contribution in [0.2, 0.25) is 0 Å². The molecule has 0 saturated heterocycles. The van der Waals surface area contributed by atoms with Gasteiger partial charge in [-0.3, -0.25) is 0 Å². The van der Waals surface area contributed by atoms with Crippen molar-refractivity contribution in [2.45, 2.75) is 51.6 Å². The minimum Gasteiger partial charge on any atom is -0.392 e. The van der Waals surface area contributed by atoms with E-state index in [9.17, 15) is 5.11 Å². The zero-order valence-corrected chi connectivity index (χ0v) is 10.7. The molecule has 0 spiro atoms. The van der Waals surface area contributed by atoms with Crippen molar-refractivity contribution in [1.82, 2.24) is 20.2 Å². The van der Waals surface area contributed by atoms with Crippen LogP contribution in [-0.4, -0.2) is 31.4 Å². The van der Waals surface area contributed by atoms with E-state index in [0.29, 0.717) is 18.2 Å². The van der Waals surface area contributed by atoms with E-state index in [0.717, 1.165) is 18.8 Å². The molecule has 0 bridgehead atoms. The average Bonchev–Trinajstić information content (AvgIpc) is 2.75. The summed E-state index contributed by atoms with van der Waals surface area (Å²) in [6.45, 7) is 2.25. The second kappa shape index (κ2) is 5.58. The Balaban J connectivity index is 1.82. The monoisotopic (exact) mass is 238 g/mol. The predicted molar refractivity (Wildman–Crippen MR) is 64.2 cm³/mol. The second-order valence-corrected chi connectivity index (χ2v) is 5.16. The molecule has 0 aromatic carbocycles. The van der Waals surface area contributed by atoms with Gasteiger partial charge in [0.2, 0.25) is 0 Å². The summed E-state index contributed by atoms with van der Waals surface area (Å²) in [5.74, 6) is 1.94. The normalized spacial score (nSPS) is 27.0. The van der Waals surface area contributed by atoms with Crippen molar-refractivity contribution in [3.63, 3.8) is 0 Å². The summed E-state index contributed by atoms with van der Waals surface area (Å²) in [7, 11) is 1.75. The van der Waals surface area contributed by atoms with E-state index in [-0.39, 0.29) is 6.10 Å². The first-order valence-corrected chi connectivity index (χ1v) is 6.60. The maximum atomic E-state index is 10.2. The molecule has 17 heavy (non-hydrogen) atoms. The Morgan fingerprint density at radius 2 is 2.06 bits per heavy atom. The van der Waals surface area contributed by atoms with Crippen molar-refractivity contribution < 1.29 is 5.11 Å². The van der Waals surface area contributed by atoms with Crippen LogP contribution in [0.1, 0.15) is 44.9 Å². The Kier molecular flexibility index (Phi) is 4.10. The topological polar surface area (TPSA) is 63.8 Å². The molecule has 1 N–H and O–H groups in total. The van der Waals surface area contributed by atoms with Crippen LogP contribution < -0.4 is 0 Å². The van der Waals surface area contributed by atoms with Crippen LogP contribution in [0.15, 0.2) is 0 Å². The number of aryl methyl sites for hydroxylation is 1. The molecule has 0 amide bonds. The molecule has 1 aliphatic carbocycles. The van der Waals surface area contributed by atoms with Gasteiger partial charge in [0.15, 0.2) is 5.82 Å². The Labute approximate surface area is 102 Å². The molecule has 2 rings (SSSR count). The van der Waals surface area contributed by atoms with E-state index < -0.39 is 0 Å². The third kappa shape index (κ3) is 3.25. The number of tetrazole rings is 1. The van der Waals surface area contributed by atoms with E-state index in [1.807, 2.05) is 0 Å². The lowest BCUT2D eigenvalue weighted by Gasteiger charge is -2.30. The molecular formula is C12H22N4O. The summed E-state index contributed by atoms with van der Waals surface area (Å²) in [6.07, 6.45) is 6.29. The summed E-state index contributed by atoms with van der Waals surface area (Å²) in [4.78, 5) is 1.44. The molecule has 1 atom stereocenters. The van der Waals surface area contributed by atoms with E-state index >= 15 is 0 Å². The number of aliphatic hydroxyl groups excluding tert-OH is 1. The van der Waals surface area contributed by atoms with Crippen LogP contribution >= 0.6 is 0 Å². The maximum absolute atomic E-state index is 10.2. The van der Waals surface area contributed by atoms with Gasteiger partial charge in [0.1, 0.15) is 0 Å². The highest BCUT2D eigenvalue weighted by Crippen LogP contribution is 2.32. The first kappa shape index (κ1) is 12.5. The number of hydrogen-bond donors (Lipinski definition) is 1. The number of rotatable bonds is 4. The van der Waals surface area contributed by atoms with Crippen LogP contribution in [0.4, 0.5) is 0 Å². The fraction of sp³-hybridized carbons (Fsp3) is 0.917. The smallest absolute Gasteiger partial charge is 0.177 e. The third-order valence-electron chi connectivity index (χ3n) is 3.95. The highest BCUT2D eigenvalue weighted by atomic mass is 16.3. The zero-order valence-electron chi connectivity index (χ0n) is 10.7. The number of aliphatic hydroxyl groups is 1. The van der Waals surface area contributed by atoms with Gasteiger partial charge in [-0.15, -0.1) is 10.2 Å². The highest BCUT2D eigenvalue weighted by Gasteiger charge is 2.26. The number of hydrogen-bond acceptors (Lipinski definition) is 4. The minimum absolute atomic E-state index is 0.308. The molecule has 96 valence electrons. The van der Waals surface area contributed by atoms with Gasteiger partial charge in [-0.05, 0) is 29.9 Å².